The van der Waals surface area contributed by atoms with Crippen molar-refractivity contribution in [3.05, 3.63) is 37.4 Å². The summed E-state index contributed by atoms with van der Waals surface area (Å²) in [6, 6.07) is 0. The molecule has 21 heavy (non-hydrogen) atoms. The van der Waals surface area contributed by atoms with Gasteiger partial charge in [-0.1, -0.05) is 13.8 Å². The Hall–Kier alpha value is -1.66. The van der Waals surface area contributed by atoms with Crippen LogP contribution >= 0.6 is 0 Å². The molecule has 0 bridgehead atoms. The molecule has 0 saturated heterocycles. The van der Waals surface area contributed by atoms with E-state index in [0.717, 1.165) is 32.7 Å². The van der Waals surface area contributed by atoms with Gasteiger partial charge in [-0.2, -0.15) is 0 Å². The molecule has 1 N–H and O–H groups in total. The summed E-state index contributed by atoms with van der Waals surface area (Å²) in [6.45, 7) is 7.72. The van der Waals surface area contributed by atoms with Gasteiger partial charge in [-0.3, -0.25) is 0 Å². The van der Waals surface area contributed by atoms with Crippen molar-refractivity contribution in [2.24, 2.45) is 5.92 Å². The zero-order chi connectivity index (χ0) is 14.9. The van der Waals surface area contributed by atoms with Crippen molar-refractivity contribution in [3.63, 3.8) is 0 Å². The Kier molecular flexibility index (Phi) is 6.43. The number of imidazole rings is 2. The smallest absolute Gasteiger partial charge is 0.113 e. The molecule has 0 saturated carbocycles. The van der Waals surface area contributed by atoms with Crippen LogP contribution in [-0.2, 0) is 4.74 Å². The summed E-state index contributed by atoms with van der Waals surface area (Å²) in [6.07, 6.45) is 12.4. The third-order valence-corrected chi connectivity index (χ3v) is 3.19. The van der Waals surface area contributed by atoms with Crippen molar-refractivity contribution in [1.82, 2.24) is 24.4 Å². The van der Waals surface area contributed by atoms with Crippen LogP contribution in [0.2, 0.25) is 0 Å². The molecule has 0 atom stereocenters. The maximum Gasteiger partial charge on any atom is 0.113 e. The van der Waals surface area contributed by atoms with E-state index >= 15 is 0 Å². The van der Waals surface area contributed by atoms with Crippen molar-refractivity contribution in [1.29, 1.82) is 0 Å². The second-order valence-electron chi connectivity index (χ2n) is 5.51. The molecule has 0 unspecified atom stereocenters. The molecule has 6 nitrogen and oxygen atoms in total. The van der Waals surface area contributed by atoms with Crippen LogP contribution in [0.1, 0.15) is 26.4 Å². The van der Waals surface area contributed by atoms with E-state index in [4.69, 9.17) is 4.74 Å². The van der Waals surface area contributed by atoms with Crippen LogP contribution in [0.15, 0.2) is 37.4 Å². The minimum Gasteiger partial charge on any atom is -0.380 e. The van der Waals surface area contributed by atoms with Gasteiger partial charge in [-0.05, 0) is 18.9 Å². The Morgan fingerprint density at radius 2 is 1.71 bits per heavy atom. The van der Waals surface area contributed by atoms with Gasteiger partial charge in [0.05, 0.1) is 19.3 Å². The Morgan fingerprint density at radius 1 is 1.05 bits per heavy atom. The summed E-state index contributed by atoms with van der Waals surface area (Å²) in [5.74, 6) is 0.594. The monoisotopic (exact) mass is 291 g/mol. The summed E-state index contributed by atoms with van der Waals surface area (Å²) < 4.78 is 9.75. The predicted molar refractivity (Wildman–Crippen MR) is 82.0 cm³/mol. The highest BCUT2D eigenvalue weighted by Crippen LogP contribution is 2.13. The number of rotatable bonds is 10. The van der Waals surface area contributed by atoms with E-state index in [1.807, 2.05) is 25.0 Å². The molecule has 2 aromatic heterocycles. The van der Waals surface area contributed by atoms with E-state index in [9.17, 15) is 0 Å². The van der Waals surface area contributed by atoms with Crippen LogP contribution in [0, 0.1) is 5.92 Å². The number of nitrogens with zero attached hydrogens (tertiary/aromatic N) is 4. The van der Waals surface area contributed by atoms with Crippen LogP contribution < -0.4 is 5.32 Å². The maximum atomic E-state index is 5.55. The summed E-state index contributed by atoms with van der Waals surface area (Å²) >= 11 is 0. The van der Waals surface area contributed by atoms with Crippen molar-refractivity contribution >= 4 is 0 Å². The molecular formula is C15H25N5O. The summed E-state index contributed by atoms with van der Waals surface area (Å²) in [5.41, 5.74) is 0. The average molecular weight is 291 g/mol. The molecule has 0 aliphatic heterocycles. The first kappa shape index (κ1) is 15.7. The van der Waals surface area contributed by atoms with Gasteiger partial charge in [0, 0.05) is 37.9 Å². The molecule has 0 aliphatic rings. The summed E-state index contributed by atoms with van der Waals surface area (Å²) in [5, 5.41) is 3.42. The van der Waals surface area contributed by atoms with Crippen molar-refractivity contribution in [3.8, 4) is 0 Å². The van der Waals surface area contributed by atoms with Gasteiger partial charge in [0.25, 0.3) is 0 Å². The molecule has 0 amide bonds. The van der Waals surface area contributed by atoms with Crippen molar-refractivity contribution in [2.75, 3.05) is 26.3 Å². The number of ether oxygens (including phenoxy) is 1. The minimum atomic E-state index is 0.207. The van der Waals surface area contributed by atoms with E-state index in [1.54, 1.807) is 12.4 Å². The van der Waals surface area contributed by atoms with Gasteiger partial charge in [0.15, 0.2) is 0 Å². The molecule has 0 aromatic carbocycles. The molecule has 0 fully saturated rings. The molecule has 2 rings (SSSR count). The van der Waals surface area contributed by atoms with Crippen molar-refractivity contribution < 1.29 is 4.74 Å². The van der Waals surface area contributed by atoms with Crippen LogP contribution in [0.3, 0.4) is 0 Å². The molecule has 0 aliphatic carbocycles. The molecule has 0 spiro atoms. The lowest BCUT2D eigenvalue weighted by molar-refractivity contribution is 0.111. The maximum absolute atomic E-state index is 5.55. The van der Waals surface area contributed by atoms with Gasteiger partial charge in [0.2, 0.25) is 0 Å². The molecule has 2 heterocycles. The SMILES string of the molecule is CC(C)COCCNCCC(n1ccnc1)n1ccnc1. The normalized spacial score (nSPS) is 11.6. The third kappa shape index (κ3) is 5.32. The molecule has 0 radical (unpaired) electrons. The molecule has 116 valence electrons. The first-order valence-corrected chi connectivity index (χ1v) is 7.50. The van der Waals surface area contributed by atoms with Gasteiger partial charge in [-0.25, -0.2) is 9.97 Å². The first-order chi connectivity index (χ1) is 10.3. The second-order valence-corrected chi connectivity index (χ2v) is 5.51. The number of aromatic nitrogens is 4. The second kappa shape index (κ2) is 8.59. The first-order valence-electron chi connectivity index (χ1n) is 7.50. The Labute approximate surface area is 126 Å². The van der Waals surface area contributed by atoms with Gasteiger partial charge >= 0.3 is 0 Å². The van der Waals surface area contributed by atoms with Crippen LogP contribution in [0.5, 0.6) is 0 Å². The topological polar surface area (TPSA) is 56.9 Å². The lowest BCUT2D eigenvalue weighted by atomic mass is 10.2. The summed E-state index contributed by atoms with van der Waals surface area (Å²) in [7, 11) is 0. The lowest BCUT2D eigenvalue weighted by Gasteiger charge is -2.20. The lowest BCUT2D eigenvalue weighted by Crippen LogP contribution is -2.26. The Balaban J connectivity index is 1.71. The van der Waals surface area contributed by atoms with Gasteiger partial charge in [-0.15, -0.1) is 0 Å². The fourth-order valence-electron chi connectivity index (χ4n) is 2.16. The third-order valence-electron chi connectivity index (χ3n) is 3.19. The molecule has 6 heteroatoms. The largest absolute Gasteiger partial charge is 0.380 e. The van der Waals surface area contributed by atoms with E-state index in [-0.39, 0.29) is 6.17 Å². The number of hydrogen-bond acceptors (Lipinski definition) is 4. The standard InChI is InChI=1S/C15H25N5O/c1-14(2)11-21-10-7-16-4-3-15(19-8-5-17-12-19)20-9-6-18-13-20/h5-6,8-9,12-16H,3-4,7,10-11H2,1-2H3. The quantitative estimate of drug-likeness (QED) is 0.678. The predicted octanol–water partition coefficient (Wildman–Crippen LogP) is 1.78. The average Bonchev–Trinajstić information content (AvgIpc) is 3.14. The Morgan fingerprint density at radius 3 is 2.24 bits per heavy atom. The van der Waals surface area contributed by atoms with E-state index in [1.165, 1.54) is 0 Å². The summed E-state index contributed by atoms with van der Waals surface area (Å²) in [4.78, 5) is 8.25. The minimum absolute atomic E-state index is 0.207. The highest BCUT2D eigenvalue weighted by atomic mass is 16.5. The van der Waals surface area contributed by atoms with E-state index in [2.05, 4.69) is 38.3 Å². The zero-order valence-corrected chi connectivity index (χ0v) is 12.9. The highest BCUT2D eigenvalue weighted by Gasteiger charge is 2.11. The van der Waals surface area contributed by atoms with Crippen LogP contribution in [-0.4, -0.2) is 45.4 Å². The molecular weight excluding hydrogens is 266 g/mol. The molecule has 2 aromatic rings. The fraction of sp³-hybridized carbons (Fsp3) is 0.600. The highest BCUT2D eigenvalue weighted by molar-refractivity contribution is 4.86. The number of nitrogens with one attached hydrogen (secondary N) is 1. The van der Waals surface area contributed by atoms with Crippen LogP contribution in [0.25, 0.3) is 0 Å². The van der Waals surface area contributed by atoms with E-state index in [0.29, 0.717) is 5.92 Å². The van der Waals surface area contributed by atoms with Gasteiger partial charge < -0.3 is 19.2 Å². The van der Waals surface area contributed by atoms with Crippen molar-refractivity contribution in [2.45, 2.75) is 26.4 Å². The number of hydrogen-bond donors (Lipinski definition) is 1. The van der Waals surface area contributed by atoms with Crippen LogP contribution in [0.4, 0.5) is 0 Å². The zero-order valence-electron chi connectivity index (χ0n) is 12.9. The van der Waals surface area contributed by atoms with Gasteiger partial charge in [0.1, 0.15) is 6.17 Å². The van der Waals surface area contributed by atoms with E-state index < -0.39 is 0 Å². The fourth-order valence-corrected chi connectivity index (χ4v) is 2.16. The Bertz CT molecular complexity index is 432.